The minimum atomic E-state index is -1.13. The number of carbonyl (C=O) groups is 2. The number of hydrogen-bond donors (Lipinski definition) is 2. The zero-order valence-electron chi connectivity index (χ0n) is 8.94. The Bertz CT molecular complexity index is 239. The average molecular weight is 203 g/mol. The van der Waals surface area contributed by atoms with Gasteiger partial charge in [-0.15, -0.1) is 0 Å². The topological polar surface area (TPSA) is 77.8 Å². The molecule has 1 unspecified atom stereocenters. The summed E-state index contributed by atoms with van der Waals surface area (Å²) in [4.78, 5) is 23.1. The van der Waals surface area contributed by atoms with Crippen molar-refractivity contribution in [3.8, 4) is 0 Å². The summed E-state index contributed by atoms with van der Waals surface area (Å²) in [5, 5.41) is 17.7. The molecule has 0 aliphatic carbocycles. The van der Waals surface area contributed by atoms with Gasteiger partial charge in [-0.2, -0.15) is 0 Å². The summed E-state index contributed by atoms with van der Waals surface area (Å²) >= 11 is 0. The fraction of sp³-hybridized carbons (Fsp3) is 0.778. The zero-order chi connectivity index (χ0) is 11.5. The standard InChI is InChI=1S/C9H17NO4/c1-6(7(11)12)5-9(2,8(13)14)10(3)4/h6H,5H2,1-4H3,(H,11,12)(H,13,14)/t6?,9-/m0/s1. The third kappa shape index (κ3) is 2.70. The Kier molecular flexibility index (Phi) is 4.07. The Balaban J connectivity index is 4.70. The third-order valence-electron chi connectivity index (χ3n) is 2.57. The van der Waals surface area contributed by atoms with E-state index in [9.17, 15) is 9.59 Å². The van der Waals surface area contributed by atoms with Gasteiger partial charge in [-0.3, -0.25) is 14.5 Å². The van der Waals surface area contributed by atoms with Crippen molar-refractivity contribution in [3.63, 3.8) is 0 Å². The van der Waals surface area contributed by atoms with Crippen molar-refractivity contribution >= 4 is 11.9 Å². The van der Waals surface area contributed by atoms with Crippen LogP contribution in [-0.4, -0.2) is 46.7 Å². The molecule has 0 saturated carbocycles. The van der Waals surface area contributed by atoms with Crippen LogP contribution in [0.4, 0.5) is 0 Å². The van der Waals surface area contributed by atoms with Crippen LogP contribution in [0.3, 0.4) is 0 Å². The lowest BCUT2D eigenvalue weighted by atomic mass is 9.89. The van der Waals surface area contributed by atoms with E-state index in [0.29, 0.717) is 0 Å². The Hall–Kier alpha value is -1.10. The van der Waals surface area contributed by atoms with E-state index in [0.717, 1.165) is 0 Å². The first-order valence-electron chi connectivity index (χ1n) is 4.35. The van der Waals surface area contributed by atoms with E-state index >= 15 is 0 Å². The number of carboxylic acids is 2. The molecule has 0 spiro atoms. The molecular formula is C9H17NO4. The van der Waals surface area contributed by atoms with Gasteiger partial charge in [-0.1, -0.05) is 6.92 Å². The molecule has 0 heterocycles. The fourth-order valence-corrected chi connectivity index (χ4v) is 1.14. The molecule has 0 aromatic carbocycles. The smallest absolute Gasteiger partial charge is 0.323 e. The summed E-state index contributed by atoms with van der Waals surface area (Å²) in [5.74, 6) is -2.64. The average Bonchev–Trinajstić information content (AvgIpc) is 2.02. The Morgan fingerprint density at radius 2 is 1.79 bits per heavy atom. The predicted molar refractivity (Wildman–Crippen MR) is 51.1 cm³/mol. The van der Waals surface area contributed by atoms with Gasteiger partial charge in [0.05, 0.1) is 5.92 Å². The van der Waals surface area contributed by atoms with Crippen LogP contribution in [0.15, 0.2) is 0 Å². The normalized spacial score (nSPS) is 17.5. The number of rotatable bonds is 5. The van der Waals surface area contributed by atoms with Crippen LogP contribution in [0.2, 0.25) is 0 Å². The second kappa shape index (κ2) is 4.41. The molecule has 14 heavy (non-hydrogen) atoms. The van der Waals surface area contributed by atoms with Crippen molar-refractivity contribution in [3.05, 3.63) is 0 Å². The molecule has 82 valence electrons. The lowest BCUT2D eigenvalue weighted by Gasteiger charge is -2.33. The van der Waals surface area contributed by atoms with Gasteiger partial charge >= 0.3 is 11.9 Å². The van der Waals surface area contributed by atoms with Crippen molar-refractivity contribution in [2.75, 3.05) is 14.1 Å². The maximum Gasteiger partial charge on any atom is 0.323 e. The fourth-order valence-electron chi connectivity index (χ4n) is 1.14. The van der Waals surface area contributed by atoms with Crippen LogP contribution in [0.1, 0.15) is 20.3 Å². The van der Waals surface area contributed by atoms with Crippen molar-refractivity contribution in [1.82, 2.24) is 4.90 Å². The SMILES string of the molecule is CC(C[C@@](C)(C(=O)O)N(C)C)C(=O)O. The second-order valence-electron chi connectivity index (χ2n) is 3.92. The van der Waals surface area contributed by atoms with E-state index in [1.807, 2.05) is 0 Å². The van der Waals surface area contributed by atoms with Crippen LogP contribution in [-0.2, 0) is 9.59 Å². The van der Waals surface area contributed by atoms with Gasteiger partial charge in [0, 0.05) is 0 Å². The molecule has 5 heteroatoms. The summed E-state index contributed by atoms with van der Waals surface area (Å²) in [5.41, 5.74) is -1.13. The van der Waals surface area contributed by atoms with Crippen LogP contribution in [0.5, 0.6) is 0 Å². The highest BCUT2D eigenvalue weighted by molar-refractivity contribution is 5.79. The zero-order valence-corrected chi connectivity index (χ0v) is 8.94. The van der Waals surface area contributed by atoms with Crippen LogP contribution in [0.25, 0.3) is 0 Å². The minimum Gasteiger partial charge on any atom is -0.481 e. The van der Waals surface area contributed by atoms with Gasteiger partial charge in [0.25, 0.3) is 0 Å². The van der Waals surface area contributed by atoms with Crippen LogP contribution < -0.4 is 0 Å². The van der Waals surface area contributed by atoms with Crippen molar-refractivity contribution in [1.29, 1.82) is 0 Å². The second-order valence-corrected chi connectivity index (χ2v) is 3.92. The van der Waals surface area contributed by atoms with E-state index in [1.165, 1.54) is 18.7 Å². The molecule has 0 aliphatic rings. The number of carboxylic acid groups (broad SMARTS) is 2. The van der Waals surface area contributed by atoms with Crippen LogP contribution >= 0.6 is 0 Å². The lowest BCUT2D eigenvalue weighted by molar-refractivity contribution is -0.152. The van der Waals surface area contributed by atoms with E-state index in [1.54, 1.807) is 14.1 Å². The van der Waals surface area contributed by atoms with Gasteiger partial charge < -0.3 is 10.2 Å². The van der Waals surface area contributed by atoms with Crippen molar-refractivity contribution in [2.24, 2.45) is 5.92 Å². The summed E-state index contributed by atoms with van der Waals surface area (Å²) in [7, 11) is 3.26. The summed E-state index contributed by atoms with van der Waals surface area (Å²) in [6.45, 7) is 3.03. The van der Waals surface area contributed by atoms with Gasteiger partial charge in [0.1, 0.15) is 5.54 Å². The largest absolute Gasteiger partial charge is 0.481 e. The first kappa shape index (κ1) is 12.9. The number of aliphatic carboxylic acids is 2. The maximum absolute atomic E-state index is 11.0. The summed E-state index contributed by atoms with van der Waals surface area (Å²) < 4.78 is 0. The van der Waals surface area contributed by atoms with E-state index < -0.39 is 23.4 Å². The van der Waals surface area contributed by atoms with E-state index in [2.05, 4.69) is 0 Å². The highest BCUT2D eigenvalue weighted by atomic mass is 16.4. The highest BCUT2D eigenvalue weighted by Gasteiger charge is 2.38. The molecule has 2 atom stereocenters. The molecule has 2 N–H and O–H groups in total. The van der Waals surface area contributed by atoms with Gasteiger partial charge in [-0.25, -0.2) is 0 Å². The number of nitrogens with zero attached hydrogens (tertiary/aromatic N) is 1. The monoisotopic (exact) mass is 203 g/mol. The lowest BCUT2D eigenvalue weighted by Crippen LogP contribution is -2.50. The Morgan fingerprint density at radius 3 is 2.00 bits per heavy atom. The van der Waals surface area contributed by atoms with Gasteiger partial charge in [-0.05, 0) is 27.4 Å². The highest BCUT2D eigenvalue weighted by Crippen LogP contribution is 2.22. The van der Waals surface area contributed by atoms with Gasteiger partial charge in [0.15, 0.2) is 0 Å². The molecular weight excluding hydrogens is 186 g/mol. The molecule has 0 radical (unpaired) electrons. The first-order valence-corrected chi connectivity index (χ1v) is 4.35. The molecule has 0 aliphatic heterocycles. The Morgan fingerprint density at radius 1 is 1.36 bits per heavy atom. The third-order valence-corrected chi connectivity index (χ3v) is 2.57. The Labute approximate surface area is 83.3 Å². The van der Waals surface area contributed by atoms with E-state index in [-0.39, 0.29) is 6.42 Å². The molecule has 0 aromatic rings. The van der Waals surface area contributed by atoms with Crippen LogP contribution in [0, 0.1) is 5.92 Å². The molecule has 0 saturated heterocycles. The number of likely N-dealkylation sites (N-methyl/N-ethyl adjacent to an activating group) is 1. The number of hydrogen-bond acceptors (Lipinski definition) is 3. The molecule has 0 amide bonds. The quantitative estimate of drug-likeness (QED) is 0.680. The maximum atomic E-state index is 11.0. The molecule has 0 bridgehead atoms. The van der Waals surface area contributed by atoms with Crippen molar-refractivity contribution < 1.29 is 19.8 Å². The molecule has 0 fully saturated rings. The van der Waals surface area contributed by atoms with Gasteiger partial charge in [0.2, 0.25) is 0 Å². The van der Waals surface area contributed by atoms with Crippen molar-refractivity contribution in [2.45, 2.75) is 25.8 Å². The first-order chi connectivity index (χ1) is 6.21. The molecule has 0 aromatic heterocycles. The summed E-state index contributed by atoms with van der Waals surface area (Å²) in [6.07, 6.45) is 0.0880. The molecule has 0 rings (SSSR count). The summed E-state index contributed by atoms with van der Waals surface area (Å²) in [6, 6.07) is 0. The molecule has 5 nitrogen and oxygen atoms in total. The van der Waals surface area contributed by atoms with E-state index in [4.69, 9.17) is 10.2 Å². The minimum absolute atomic E-state index is 0.0880. The predicted octanol–water partition coefficient (Wildman–Crippen LogP) is 0.502.